The molecule has 4 nitrogen and oxygen atoms in total. The zero-order valence-electron chi connectivity index (χ0n) is 6.64. The molecule has 0 aromatic carbocycles. The largest absolute Gasteiger partial charge is 0.396 e. The van der Waals surface area contributed by atoms with Crippen LogP contribution in [0, 0.1) is 0 Å². The molecular formula is C8H11N3O. The number of aromatic nitrogens is 2. The summed E-state index contributed by atoms with van der Waals surface area (Å²) in [5.41, 5.74) is 6.09. The van der Waals surface area contributed by atoms with Crippen LogP contribution in [0.3, 0.4) is 0 Å². The minimum absolute atomic E-state index is 0.152. The number of aliphatic hydroxyl groups excluding tert-OH is 1. The standard InChI is InChI=1S/C8H11N3O/c9-8-5-4-7(10-11-8)3-1-2-6-12/h1,3-5,12H,2,6H2,(H2,9,11). The highest BCUT2D eigenvalue weighted by molar-refractivity contribution is 5.45. The van der Waals surface area contributed by atoms with Gasteiger partial charge in [0.25, 0.3) is 0 Å². The monoisotopic (exact) mass is 165 g/mol. The summed E-state index contributed by atoms with van der Waals surface area (Å²) < 4.78 is 0. The molecule has 0 aliphatic carbocycles. The van der Waals surface area contributed by atoms with E-state index in [0.717, 1.165) is 5.69 Å². The number of hydrogen-bond donors (Lipinski definition) is 2. The summed E-state index contributed by atoms with van der Waals surface area (Å²) in [7, 11) is 0. The van der Waals surface area contributed by atoms with E-state index in [1.54, 1.807) is 18.2 Å². The molecule has 12 heavy (non-hydrogen) atoms. The van der Waals surface area contributed by atoms with E-state index in [2.05, 4.69) is 10.2 Å². The third kappa shape index (κ3) is 2.67. The molecule has 0 radical (unpaired) electrons. The zero-order valence-corrected chi connectivity index (χ0v) is 6.64. The maximum Gasteiger partial charge on any atom is 0.146 e. The van der Waals surface area contributed by atoms with E-state index in [1.165, 1.54) is 0 Å². The van der Waals surface area contributed by atoms with Gasteiger partial charge < -0.3 is 10.8 Å². The number of anilines is 1. The van der Waals surface area contributed by atoms with Crippen molar-refractivity contribution in [1.29, 1.82) is 0 Å². The summed E-state index contributed by atoms with van der Waals surface area (Å²) in [6.45, 7) is 0.152. The summed E-state index contributed by atoms with van der Waals surface area (Å²) >= 11 is 0. The van der Waals surface area contributed by atoms with E-state index >= 15 is 0 Å². The second-order valence-electron chi connectivity index (χ2n) is 2.30. The van der Waals surface area contributed by atoms with Gasteiger partial charge >= 0.3 is 0 Å². The highest BCUT2D eigenvalue weighted by Crippen LogP contribution is 1.99. The Morgan fingerprint density at radius 2 is 2.25 bits per heavy atom. The number of hydrogen-bond acceptors (Lipinski definition) is 4. The Morgan fingerprint density at radius 1 is 1.42 bits per heavy atom. The van der Waals surface area contributed by atoms with Crippen LogP contribution in [0.1, 0.15) is 12.1 Å². The topological polar surface area (TPSA) is 72.0 Å². The molecule has 0 bridgehead atoms. The van der Waals surface area contributed by atoms with Gasteiger partial charge in [0, 0.05) is 6.61 Å². The predicted octanol–water partition coefficient (Wildman–Crippen LogP) is 0.454. The Balaban J connectivity index is 2.58. The molecule has 0 saturated carbocycles. The molecule has 0 unspecified atom stereocenters. The molecular weight excluding hydrogens is 154 g/mol. The van der Waals surface area contributed by atoms with Crippen LogP contribution < -0.4 is 5.73 Å². The molecule has 4 heteroatoms. The van der Waals surface area contributed by atoms with Crippen LogP contribution in [0.2, 0.25) is 0 Å². The third-order valence-electron chi connectivity index (χ3n) is 1.29. The maximum atomic E-state index is 8.48. The minimum Gasteiger partial charge on any atom is -0.396 e. The van der Waals surface area contributed by atoms with Gasteiger partial charge in [-0.1, -0.05) is 6.08 Å². The van der Waals surface area contributed by atoms with Gasteiger partial charge in [0.2, 0.25) is 0 Å². The minimum atomic E-state index is 0.152. The van der Waals surface area contributed by atoms with Crippen molar-refractivity contribution < 1.29 is 5.11 Å². The Morgan fingerprint density at radius 3 is 2.83 bits per heavy atom. The highest BCUT2D eigenvalue weighted by Gasteiger charge is 1.88. The first-order chi connectivity index (χ1) is 5.83. The summed E-state index contributed by atoms with van der Waals surface area (Å²) in [5, 5.41) is 16.0. The molecule has 0 atom stereocenters. The predicted molar refractivity (Wildman–Crippen MR) is 47.2 cm³/mol. The first-order valence-electron chi connectivity index (χ1n) is 3.69. The van der Waals surface area contributed by atoms with Gasteiger partial charge in [0.1, 0.15) is 5.82 Å². The third-order valence-corrected chi connectivity index (χ3v) is 1.29. The lowest BCUT2D eigenvalue weighted by Crippen LogP contribution is -1.93. The van der Waals surface area contributed by atoms with Crippen LogP contribution in [-0.4, -0.2) is 21.9 Å². The van der Waals surface area contributed by atoms with Crippen molar-refractivity contribution in [2.24, 2.45) is 0 Å². The molecule has 1 aromatic rings. The molecule has 1 rings (SSSR count). The van der Waals surface area contributed by atoms with Crippen LogP contribution in [-0.2, 0) is 0 Å². The van der Waals surface area contributed by atoms with Crippen molar-refractivity contribution in [1.82, 2.24) is 10.2 Å². The van der Waals surface area contributed by atoms with E-state index < -0.39 is 0 Å². The molecule has 0 amide bonds. The van der Waals surface area contributed by atoms with Gasteiger partial charge in [0.05, 0.1) is 5.69 Å². The fourth-order valence-electron chi connectivity index (χ4n) is 0.720. The summed E-state index contributed by atoms with van der Waals surface area (Å²) in [6, 6.07) is 3.46. The molecule has 3 N–H and O–H groups in total. The zero-order chi connectivity index (χ0) is 8.81. The first-order valence-corrected chi connectivity index (χ1v) is 3.69. The van der Waals surface area contributed by atoms with Crippen molar-refractivity contribution in [3.8, 4) is 0 Å². The first kappa shape index (κ1) is 8.67. The lowest BCUT2D eigenvalue weighted by Gasteiger charge is -1.91. The van der Waals surface area contributed by atoms with Crippen molar-refractivity contribution >= 4 is 11.9 Å². The number of nitrogens with zero attached hydrogens (tertiary/aromatic N) is 2. The number of rotatable bonds is 3. The van der Waals surface area contributed by atoms with Crippen LogP contribution in [0.15, 0.2) is 18.2 Å². The Bertz CT molecular complexity index is 256. The van der Waals surface area contributed by atoms with E-state index in [9.17, 15) is 0 Å². The van der Waals surface area contributed by atoms with Gasteiger partial charge in [-0.3, -0.25) is 0 Å². The molecule has 0 spiro atoms. The SMILES string of the molecule is Nc1ccc(C=CCCO)nn1. The van der Waals surface area contributed by atoms with Gasteiger partial charge in [-0.15, -0.1) is 10.2 Å². The van der Waals surface area contributed by atoms with Gasteiger partial charge in [-0.25, -0.2) is 0 Å². The van der Waals surface area contributed by atoms with Crippen LogP contribution in [0.25, 0.3) is 6.08 Å². The lowest BCUT2D eigenvalue weighted by molar-refractivity contribution is 0.303. The summed E-state index contributed by atoms with van der Waals surface area (Å²) in [6.07, 6.45) is 4.26. The quantitative estimate of drug-likeness (QED) is 0.682. The fraction of sp³-hybridized carbons (Fsp3) is 0.250. The van der Waals surface area contributed by atoms with Crippen molar-refractivity contribution in [2.75, 3.05) is 12.3 Å². The molecule has 0 fully saturated rings. The van der Waals surface area contributed by atoms with E-state index in [-0.39, 0.29) is 6.61 Å². The molecule has 1 heterocycles. The smallest absolute Gasteiger partial charge is 0.146 e. The number of nitrogen functional groups attached to an aromatic ring is 1. The van der Waals surface area contributed by atoms with Crippen molar-refractivity contribution in [2.45, 2.75) is 6.42 Å². The Hall–Kier alpha value is -1.42. The van der Waals surface area contributed by atoms with E-state index in [4.69, 9.17) is 10.8 Å². The number of nitrogens with two attached hydrogens (primary N) is 1. The summed E-state index contributed by atoms with van der Waals surface area (Å²) in [4.78, 5) is 0. The van der Waals surface area contributed by atoms with E-state index in [0.29, 0.717) is 12.2 Å². The molecule has 0 saturated heterocycles. The maximum absolute atomic E-state index is 8.48. The molecule has 0 aliphatic heterocycles. The fourth-order valence-corrected chi connectivity index (χ4v) is 0.720. The average Bonchev–Trinajstić information content (AvgIpc) is 2.09. The lowest BCUT2D eigenvalue weighted by atomic mass is 10.3. The van der Waals surface area contributed by atoms with Gasteiger partial charge in [-0.05, 0) is 24.6 Å². The van der Waals surface area contributed by atoms with Crippen LogP contribution in [0.5, 0.6) is 0 Å². The Labute approximate surface area is 70.7 Å². The second-order valence-corrected chi connectivity index (χ2v) is 2.30. The van der Waals surface area contributed by atoms with Gasteiger partial charge in [0.15, 0.2) is 0 Å². The summed E-state index contributed by atoms with van der Waals surface area (Å²) in [5.74, 6) is 0.411. The number of aliphatic hydroxyl groups is 1. The average molecular weight is 165 g/mol. The molecule has 64 valence electrons. The Kier molecular flexibility index (Phi) is 3.22. The normalized spacial score (nSPS) is 10.8. The van der Waals surface area contributed by atoms with Crippen molar-refractivity contribution in [3.63, 3.8) is 0 Å². The van der Waals surface area contributed by atoms with E-state index in [1.807, 2.05) is 6.08 Å². The van der Waals surface area contributed by atoms with Crippen LogP contribution >= 0.6 is 0 Å². The van der Waals surface area contributed by atoms with Crippen molar-refractivity contribution in [3.05, 3.63) is 23.9 Å². The molecule has 0 aliphatic rings. The van der Waals surface area contributed by atoms with Gasteiger partial charge in [-0.2, -0.15) is 0 Å². The molecule has 1 aromatic heterocycles. The van der Waals surface area contributed by atoms with Crippen LogP contribution in [0.4, 0.5) is 5.82 Å². The highest BCUT2D eigenvalue weighted by atomic mass is 16.2. The second kappa shape index (κ2) is 4.46.